The Morgan fingerprint density at radius 3 is 2.53 bits per heavy atom. The smallest absolute Gasteiger partial charge is 0.221 e. The predicted molar refractivity (Wildman–Crippen MR) is 74.5 cm³/mol. The van der Waals surface area contributed by atoms with Gasteiger partial charge in [0.05, 0.1) is 0 Å². The predicted octanol–water partition coefficient (Wildman–Crippen LogP) is 2.51. The summed E-state index contributed by atoms with van der Waals surface area (Å²) in [4.78, 5) is 12.0. The third-order valence-electron chi connectivity index (χ3n) is 2.04. The van der Waals surface area contributed by atoms with Crippen LogP contribution in [0.2, 0.25) is 0 Å². The molecule has 0 aliphatic heterocycles. The number of thioether (sulfide) groups is 1. The zero-order valence-electron chi connectivity index (χ0n) is 10.2. The molecule has 1 amide bonds. The highest BCUT2D eigenvalue weighted by atomic mass is 32.2. The average Bonchev–Trinajstić information content (AvgIpc) is 2.28. The van der Waals surface area contributed by atoms with Crippen LogP contribution in [0.1, 0.15) is 6.92 Å². The van der Waals surface area contributed by atoms with Crippen LogP contribution in [-0.4, -0.2) is 25.3 Å². The molecule has 92 valence electrons. The molecule has 0 fully saturated rings. The summed E-state index contributed by atoms with van der Waals surface area (Å²) in [6.07, 6.45) is 0. The van der Waals surface area contributed by atoms with Crippen molar-refractivity contribution in [3.05, 3.63) is 36.4 Å². The van der Waals surface area contributed by atoms with Crippen LogP contribution in [0.5, 0.6) is 0 Å². The second-order valence-electron chi connectivity index (χ2n) is 3.77. The first-order chi connectivity index (χ1) is 8.11. The van der Waals surface area contributed by atoms with Gasteiger partial charge >= 0.3 is 0 Å². The fourth-order valence-corrected chi connectivity index (χ4v) is 2.13. The zero-order valence-corrected chi connectivity index (χ0v) is 11.1. The Bertz CT molecular complexity index is 387. The van der Waals surface area contributed by atoms with Crippen LogP contribution in [0.3, 0.4) is 0 Å². The number of hydrogen-bond donors (Lipinski definition) is 2. The first-order valence-electron chi connectivity index (χ1n) is 5.43. The Morgan fingerprint density at radius 1 is 1.35 bits per heavy atom. The number of rotatable bonds is 6. The number of hydrogen-bond acceptors (Lipinski definition) is 3. The van der Waals surface area contributed by atoms with Crippen LogP contribution in [0, 0.1) is 0 Å². The number of carbonyl (C=O) groups excluding carboxylic acids is 1. The lowest BCUT2D eigenvalue weighted by atomic mass is 10.3. The summed E-state index contributed by atoms with van der Waals surface area (Å²) in [7, 11) is 1.91. The minimum Gasteiger partial charge on any atom is -0.326 e. The fourth-order valence-electron chi connectivity index (χ4n) is 1.32. The molecule has 1 rings (SSSR count). The SMILES string of the molecule is C=C(CNC)CSc1ccc(NC(C)=O)cc1. The van der Waals surface area contributed by atoms with Gasteiger partial charge in [-0.3, -0.25) is 4.79 Å². The van der Waals surface area contributed by atoms with Crippen molar-refractivity contribution in [1.82, 2.24) is 5.32 Å². The molecule has 17 heavy (non-hydrogen) atoms. The number of carbonyl (C=O) groups is 1. The van der Waals surface area contributed by atoms with E-state index in [9.17, 15) is 4.79 Å². The van der Waals surface area contributed by atoms with Crippen LogP contribution in [0.25, 0.3) is 0 Å². The summed E-state index contributed by atoms with van der Waals surface area (Å²) in [5.74, 6) is 0.855. The van der Waals surface area contributed by atoms with E-state index in [1.54, 1.807) is 11.8 Å². The second kappa shape index (κ2) is 7.14. The van der Waals surface area contributed by atoms with E-state index in [1.165, 1.54) is 17.4 Å². The molecule has 0 saturated carbocycles. The Morgan fingerprint density at radius 2 is 2.00 bits per heavy atom. The maximum Gasteiger partial charge on any atom is 0.221 e. The standard InChI is InChI=1S/C13H18N2OS/c1-10(8-14-3)9-17-13-6-4-12(5-7-13)15-11(2)16/h4-7,14H,1,8-9H2,2-3H3,(H,15,16). The van der Waals surface area contributed by atoms with E-state index in [0.29, 0.717) is 0 Å². The molecular weight excluding hydrogens is 232 g/mol. The maximum atomic E-state index is 10.9. The molecule has 0 bridgehead atoms. The summed E-state index contributed by atoms with van der Waals surface area (Å²) in [5.41, 5.74) is 2.00. The second-order valence-corrected chi connectivity index (χ2v) is 4.82. The van der Waals surface area contributed by atoms with Gasteiger partial charge in [0.2, 0.25) is 5.91 Å². The molecule has 0 radical (unpaired) electrons. The van der Waals surface area contributed by atoms with Crippen LogP contribution < -0.4 is 10.6 Å². The third kappa shape index (κ3) is 5.56. The zero-order chi connectivity index (χ0) is 12.7. The Labute approximate surface area is 107 Å². The molecule has 0 spiro atoms. The van der Waals surface area contributed by atoms with E-state index in [4.69, 9.17) is 0 Å². The highest BCUT2D eigenvalue weighted by molar-refractivity contribution is 7.99. The summed E-state index contributed by atoms with van der Waals surface area (Å²) in [6, 6.07) is 7.82. The maximum absolute atomic E-state index is 10.9. The molecule has 1 aromatic rings. The molecule has 0 saturated heterocycles. The highest BCUT2D eigenvalue weighted by Crippen LogP contribution is 2.21. The topological polar surface area (TPSA) is 41.1 Å². The van der Waals surface area contributed by atoms with Crippen molar-refractivity contribution in [3.63, 3.8) is 0 Å². The third-order valence-corrected chi connectivity index (χ3v) is 3.20. The van der Waals surface area contributed by atoms with Gasteiger partial charge in [-0.1, -0.05) is 12.2 Å². The molecule has 0 unspecified atom stereocenters. The van der Waals surface area contributed by atoms with Crippen molar-refractivity contribution >= 4 is 23.4 Å². The van der Waals surface area contributed by atoms with Crippen molar-refractivity contribution in [2.24, 2.45) is 0 Å². The van der Waals surface area contributed by atoms with Crippen molar-refractivity contribution < 1.29 is 4.79 Å². The minimum absolute atomic E-state index is 0.0483. The van der Waals surface area contributed by atoms with E-state index < -0.39 is 0 Å². The van der Waals surface area contributed by atoms with Crippen molar-refractivity contribution in [3.8, 4) is 0 Å². The van der Waals surface area contributed by atoms with Crippen LogP contribution in [0.15, 0.2) is 41.3 Å². The fraction of sp³-hybridized carbons (Fsp3) is 0.308. The summed E-state index contributed by atoms with van der Waals surface area (Å²) < 4.78 is 0. The molecule has 0 atom stereocenters. The molecule has 1 aromatic carbocycles. The Kier molecular flexibility index (Phi) is 5.80. The molecule has 2 N–H and O–H groups in total. The van der Waals surface area contributed by atoms with Crippen LogP contribution >= 0.6 is 11.8 Å². The van der Waals surface area contributed by atoms with E-state index in [1.807, 2.05) is 31.3 Å². The number of nitrogens with one attached hydrogen (secondary N) is 2. The van der Waals surface area contributed by atoms with Gasteiger partial charge in [-0.25, -0.2) is 0 Å². The number of anilines is 1. The van der Waals surface area contributed by atoms with Gasteiger partial charge in [0.1, 0.15) is 0 Å². The molecule has 3 nitrogen and oxygen atoms in total. The summed E-state index contributed by atoms with van der Waals surface area (Å²) >= 11 is 1.74. The van der Waals surface area contributed by atoms with Gasteiger partial charge < -0.3 is 10.6 Å². The van der Waals surface area contributed by atoms with E-state index in [0.717, 1.165) is 18.0 Å². The van der Waals surface area contributed by atoms with Gasteiger partial charge in [0.15, 0.2) is 0 Å². The van der Waals surface area contributed by atoms with Crippen LogP contribution in [-0.2, 0) is 4.79 Å². The number of likely N-dealkylation sites (N-methyl/N-ethyl adjacent to an activating group) is 1. The lowest BCUT2D eigenvalue weighted by Gasteiger charge is -2.06. The molecule has 0 heterocycles. The summed E-state index contributed by atoms with van der Waals surface area (Å²) in [6.45, 7) is 6.32. The Hall–Kier alpha value is -1.26. The van der Waals surface area contributed by atoms with E-state index in [2.05, 4.69) is 17.2 Å². The van der Waals surface area contributed by atoms with Crippen molar-refractivity contribution in [2.75, 3.05) is 24.7 Å². The Balaban J connectivity index is 2.45. The van der Waals surface area contributed by atoms with E-state index in [-0.39, 0.29) is 5.91 Å². The van der Waals surface area contributed by atoms with Gasteiger partial charge in [0, 0.05) is 29.8 Å². The average molecular weight is 250 g/mol. The van der Waals surface area contributed by atoms with Crippen molar-refractivity contribution in [1.29, 1.82) is 0 Å². The number of benzene rings is 1. The lowest BCUT2D eigenvalue weighted by molar-refractivity contribution is -0.114. The van der Waals surface area contributed by atoms with Gasteiger partial charge in [-0.05, 0) is 31.3 Å². The van der Waals surface area contributed by atoms with Gasteiger partial charge in [-0.15, -0.1) is 11.8 Å². The first-order valence-corrected chi connectivity index (χ1v) is 6.42. The van der Waals surface area contributed by atoms with Gasteiger partial charge in [0.25, 0.3) is 0 Å². The lowest BCUT2D eigenvalue weighted by Crippen LogP contribution is -2.10. The molecule has 0 aromatic heterocycles. The van der Waals surface area contributed by atoms with Gasteiger partial charge in [-0.2, -0.15) is 0 Å². The normalized spacial score (nSPS) is 10.0. The number of amides is 1. The monoisotopic (exact) mass is 250 g/mol. The molecule has 4 heteroatoms. The molecular formula is C13H18N2OS. The molecule has 0 aliphatic carbocycles. The quantitative estimate of drug-likeness (QED) is 0.602. The minimum atomic E-state index is -0.0483. The van der Waals surface area contributed by atoms with Crippen molar-refractivity contribution in [2.45, 2.75) is 11.8 Å². The summed E-state index contributed by atoms with van der Waals surface area (Å²) in [5, 5.41) is 5.82. The highest BCUT2D eigenvalue weighted by Gasteiger charge is 1.98. The van der Waals surface area contributed by atoms with Crippen LogP contribution in [0.4, 0.5) is 5.69 Å². The first kappa shape index (κ1) is 13.8. The largest absolute Gasteiger partial charge is 0.326 e. The molecule has 0 aliphatic rings. The van der Waals surface area contributed by atoms with E-state index >= 15 is 0 Å².